The summed E-state index contributed by atoms with van der Waals surface area (Å²) in [6, 6.07) is 0. The van der Waals surface area contributed by atoms with E-state index in [4.69, 9.17) is 9.15 Å². The zero-order valence-electron chi connectivity index (χ0n) is 13.4. The molecule has 2 aromatic rings. The van der Waals surface area contributed by atoms with Crippen molar-refractivity contribution in [2.24, 2.45) is 0 Å². The molecule has 2 rings (SSSR count). The van der Waals surface area contributed by atoms with E-state index < -0.39 is 11.7 Å². The van der Waals surface area contributed by atoms with Crippen molar-refractivity contribution < 1.29 is 13.9 Å². The van der Waals surface area contributed by atoms with Crippen LogP contribution < -0.4 is 5.32 Å². The molecule has 22 heavy (non-hydrogen) atoms. The largest absolute Gasteiger partial charge is 0.444 e. The number of amides is 1. The van der Waals surface area contributed by atoms with Gasteiger partial charge in [-0.05, 0) is 27.7 Å². The van der Waals surface area contributed by atoms with E-state index in [0.29, 0.717) is 25.4 Å². The first-order valence-electron chi connectivity index (χ1n) is 7.20. The maximum atomic E-state index is 11.6. The minimum atomic E-state index is -0.491. The van der Waals surface area contributed by atoms with Crippen molar-refractivity contribution in [3.05, 3.63) is 36.1 Å². The molecule has 7 nitrogen and oxygen atoms in total. The maximum absolute atomic E-state index is 11.6. The zero-order valence-corrected chi connectivity index (χ0v) is 13.4. The third-order valence-electron chi connectivity index (χ3n) is 2.82. The Kier molecular flexibility index (Phi) is 4.85. The van der Waals surface area contributed by atoms with E-state index in [9.17, 15) is 4.79 Å². The van der Waals surface area contributed by atoms with E-state index in [1.807, 2.05) is 32.3 Å². The molecule has 0 fully saturated rings. The Hall–Kier alpha value is -2.31. The van der Waals surface area contributed by atoms with Gasteiger partial charge in [0.2, 0.25) is 5.89 Å². The molecule has 0 atom stereocenters. The van der Waals surface area contributed by atoms with Gasteiger partial charge in [-0.1, -0.05) is 0 Å². The predicted molar refractivity (Wildman–Crippen MR) is 80.5 cm³/mol. The minimum absolute atomic E-state index is 0.415. The average molecular weight is 306 g/mol. The summed E-state index contributed by atoms with van der Waals surface area (Å²) in [4.78, 5) is 19.9. The van der Waals surface area contributed by atoms with Crippen LogP contribution in [-0.2, 0) is 17.7 Å². The summed E-state index contributed by atoms with van der Waals surface area (Å²) in [5, 5.41) is 2.73. The molecule has 1 N–H and O–H groups in total. The van der Waals surface area contributed by atoms with Gasteiger partial charge in [0, 0.05) is 24.9 Å². The Morgan fingerprint density at radius 3 is 2.82 bits per heavy atom. The molecule has 2 heterocycles. The maximum Gasteiger partial charge on any atom is 0.407 e. The summed E-state index contributed by atoms with van der Waals surface area (Å²) in [7, 11) is 0. The van der Waals surface area contributed by atoms with Gasteiger partial charge in [0.15, 0.2) is 0 Å². The molecule has 7 heteroatoms. The average Bonchev–Trinajstić information content (AvgIpc) is 2.98. The molecular formula is C15H22N4O3. The van der Waals surface area contributed by atoms with Gasteiger partial charge in [0.25, 0.3) is 0 Å². The van der Waals surface area contributed by atoms with Gasteiger partial charge in [-0.3, -0.25) is 0 Å². The summed E-state index contributed by atoms with van der Waals surface area (Å²) in [5.74, 6) is 1.42. The Morgan fingerprint density at radius 2 is 2.18 bits per heavy atom. The van der Waals surface area contributed by atoms with Crippen molar-refractivity contribution in [3.8, 4) is 0 Å². The highest BCUT2D eigenvalue weighted by atomic mass is 16.6. The SMILES string of the molecule is Cc1cnc(Cn2cncc2CCNC(=O)OC(C)(C)C)o1. The van der Waals surface area contributed by atoms with Crippen LogP contribution in [0.1, 0.15) is 38.1 Å². The fourth-order valence-electron chi connectivity index (χ4n) is 1.93. The van der Waals surface area contributed by atoms with Crippen molar-refractivity contribution in [1.29, 1.82) is 0 Å². The summed E-state index contributed by atoms with van der Waals surface area (Å²) >= 11 is 0. The van der Waals surface area contributed by atoms with Crippen LogP contribution in [0.2, 0.25) is 0 Å². The molecule has 2 aromatic heterocycles. The molecule has 0 unspecified atom stereocenters. The lowest BCUT2D eigenvalue weighted by Crippen LogP contribution is -2.33. The number of hydrogen-bond acceptors (Lipinski definition) is 5. The Morgan fingerprint density at radius 1 is 1.41 bits per heavy atom. The number of nitrogens with zero attached hydrogens (tertiary/aromatic N) is 3. The quantitative estimate of drug-likeness (QED) is 0.916. The molecule has 0 aromatic carbocycles. The normalized spacial score (nSPS) is 11.5. The predicted octanol–water partition coefficient (Wildman–Crippen LogP) is 2.30. The second-order valence-corrected chi connectivity index (χ2v) is 6.06. The van der Waals surface area contributed by atoms with Crippen LogP contribution in [0.3, 0.4) is 0 Å². The van der Waals surface area contributed by atoms with E-state index in [0.717, 1.165) is 11.5 Å². The summed E-state index contributed by atoms with van der Waals surface area (Å²) in [6.45, 7) is 8.36. The van der Waals surface area contributed by atoms with Crippen LogP contribution in [0.15, 0.2) is 23.1 Å². The lowest BCUT2D eigenvalue weighted by atomic mass is 10.2. The number of carbonyl (C=O) groups excluding carboxylic acids is 1. The second-order valence-electron chi connectivity index (χ2n) is 6.06. The molecule has 0 spiro atoms. The van der Waals surface area contributed by atoms with Crippen molar-refractivity contribution >= 4 is 6.09 Å². The van der Waals surface area contributed by atoms with Crippen molar-refractivity contribution in [3.63, 3.8) is 0 Å². The molecule has 0 radical (unpaired) electrons. The summed E-state index contributed by atoms with van der Waals surface area (Å²) in [5.41, 5.74) is 0.501. The van der Waals surface area contributed by atoms with Crippen molar-refractivity contribution in [2.45, 2.75) is 46.3 Å². The van der Waals surface area contributed by atoms with Crippen molar-refractivity contribution in [1.82, 2.24) is 19.9 Å². The highest BCUT2D eigenvalue weighted by Crippen LogP contribution is 2.08. The summed E-state index contributed by atoms with van der Waals surface area (Å²) in [6.07, 6.45) is 5.42. The first-order chi connectivity index (χ1) is 10.3. The topological polar surface area (TPSA) is 82.2 Å². The van der Waals surface area contributed by atoms with Gasteiger partial charge in [0.05, 0.1) is 12.5 Å². The van der Waals surface area contributed by atoms with Crippen LogP contribution >= 0.6 is 0 Å². The Bertz CT molecular complexity index is 625. The monoisotopic (exact) mass is 306 g/mol. The molecular weight excluding hydrogens is 284 g/mol. The number of ether oxygens (including phenoxy) is 1. The van der Waals surface area contributed by atoms with Gasteiger partial charge >= 0.3 is 6.09 Å². The number of aryl methyl sites for hydroxylation is 1. The number of hydrogen-bond donors (Lipinski definition) is 1. The third-order valence-corrected chi connectivity index (χ3v) is 2.82. The number of carbonyl (C=O) groups is 1. The number of nitrogens with one attached hydrogen (secondary N) is 1. The Labute approximate surface area is 129 Å². The van der Waals surface area contributed by atoms with Crippen LogP contribution in [-0.4, -0.2) is 32.8 Å². The van der Waals surface area contributed by atoms with Crippen LogP contribution in [0.4, 0.5) is 4.79 Å². The van der Waals surface area contributed by atoms with Gasteiger partial charge < -0.3 is 19.0 Å². The first-order valence-corrected chi connectivity index (χ1v) is 7.20. The van der Waals surface area contributed by atoms with Gasteiger partial charge in [0.1, 0.15) is 17.9 Å². The smallest absolute Gasteiger partial charge is 0.407 e. The van der Waals surface area contributed by atoms with Gasteiger partial charge in [-0.15, -0.1) is 0 Å². The number of oxazole rings is 1. The van der Waals surface area contributed by atoms with E-state index >= 15 is 0 Å². The standard InChI is InChI=1S/C15H22N4O3/c1-11-7-18-13(21-11)9-19-10-16-8-12(19)5-6-17-14(20)22-15(2,3)4/h7-8,10H,5-6,9H2,1-4H3,(H,17,20). The first kappa shape index (κ1) is 16.1. The van der Waals surface area contributed by atoms with E-state index in [-0.39, 0.29) is 0 Å². The molecule has 120 valence electrons. The molecule has 0 aliphatic heterocycles. The Balaban J connectivity index is 1.84. The van der Waals surface area contributed by atoms with Crippen LogP contribution in [0.5, 0.6) is 0 Å². The third kappa shape index (κ3) is 4.91. The number of alkyl carbamates (subject to hydrolysis) is 1. The summed E-state index contributed by atoms with van der Waals surface area (Å²) < 4.78 is 12.6. The van der Waals surface area contributed by atoms with Crippen LogP contribution in [0.25, 0.3) is 0 Å². The fourth-order valence-corrected chi connectivity index (χ4v) is 1.93. The second kappa shape index (κ2) is 6.64. The van der Waals surface area contributed by atoms with Crippen LogP contribution in [0, 0.1) is 6.92 Å². The molecule has 0 bridgehead atoms. The lowest BCUT2D eigenvalue weighted by molar-refractivity contribution is 0.0528. The number of imidazole rings is 1. The molecule has 0 saturated heterocycles. The molecule has 0 aliphatic rings. The van der Waals surface area contributed by atoms with Crippen molar-refractivity contribution in [2.75, 3.05) is 6.54 Å². The van der Waals surface area contributed by atoms with E-state index in [1.54, 1.807) is 18.7 Å². The molecule has 1 amide bonds. The number of aromatic nitrogens is 3. The zero-order chi connectivity index (χ0) is 16.2. The highest BCUT2D eigenvalue weighted by molar-refractivity contribution is 5.67. The molecule has 0 saturated carbocycles. The molecule has 0 aliphatic carbocycles. The van der Waals surface area contributed by atoms with E-state index in [2.05, 4.69) is 15.3 Å². The minimum Gasteiger partial charge on any atom is -0.444 e. The van der Waals surface area contributed by atoms with Gasteiger partial charge in [-0.25, -0.2) is 14.8 Å². The lowest BCUT2D eigenvalue weighted by Gasteiger charge is -2.19. The fraction of sp³-hybridized carbons (Fsp3) is 0.533. The number of rotatable bonds is 5. The van der Waals surface area contributed by atoms with E-state index in [1.165, 1.54) is 0 Å². The highest BCUT2D eigenvalue weighted by Gasteiger charge is 2.15. The van der Waals surface area contributed by atoms with Gasteiger partial charge in [-0.2, -0.15) is 0 Å².